The third kappa shape index (κ3) is 4.72. The monoisotopic (exact) mass is 435 g/mol. The zero-order chi connectivity index (χ0) is 22.5. The summed E-state index contributed by atoms with van der Waals surface area (Å²) >= 11 is 0. The van der Waals surface area contributed by atoms with Crippen LogP contribution in [0.5, 0.6) is 11.5 Å². The second-order valence-electron chi connectivity index (χ2n) is 7.98. The molecule has 7 heteroatoms. The highest BCUT2D eigenvalue weighted by Crippen LogP contribution is 2.32. The van der Waals surface area contributed by atoms with E-state index in [1.807, 2.05) is 32.0 Å². The average Bonchev–Trinajstić information content (AvgIpc) is 3.15. The molecular formula is C25H29N3O4. The Morgan fingerprint density at radius 3 is 2.59 bits per heavy atom. The number of rotatable bonds is 7. The number of hydrogen-bond acceptors (Lipinski definition) is 6. The second-order valence-corrected chi connectivity index (χ2v) is 7.98. The SMILES string of the molecule is COc1cc(C(=O)Nc2ccccc2N2CCCCC2)ccc1OCc1c(C)noc1C. The van der Waals surface area contributed by atoms with Gasteiger partial charge in [-0.1, -0.05) is 17.3 Å². The quantitative estimate of drug-likeness (QED) is 0.555. The van der Waals surface area contributed by atoms with Crippen molar-refractivity contribution in [3.8, 4) is 11.5 Å². The van der Waals surface area contributed by atoms with E-state index in [1.165, 1.54) is 19.3 Å². The lowest BCUT2D eigenvalue weighted by molar-refractivity contribution is 0.102. The van der Waals surface area contributed by atoms with Crippen molar-refractivity contribution >= 4 is 17.3 Å². The lowest BCUT2D eigenvalue weighted by Gasteiger charge is -2.30. The van der Waals surface area contributed by atoms with Crippen molar-refractivity contribution in [2.45, 2.75) is 39.7 Å². The molecule has 0 unspecified atom stereocenters. The zero-order valence-corrected chi connectivity index (χ0v) is 18.8. The molecule has 0 saturated carbocycles. The van der Waals surface area contributed by atoms with Gasteiger partial charge in [0.05, 0.1) is 29.7 Å². The van der Waals surface area contributed by atoms with E-state index in [-0.39, 0.29) is 5.91 Å². The van der Waals surface area contributed by atoms with Gasteiger partial charge in [-0.3, -0.25) is 4.79 Å². The van der Waals surface area contributed by atoms with Crippen LogP contribution in [0.25, 0.3) is 0 Å². The maximum atomic E-state index is 13.0. The Hall–Kier alpha value is -3.48. The highest BCUT2D eigenvalue weighted by Gasteiger charge is 2.18. The minimum absolute atomic E-state index is 0.190. The molecule has 0 bridgehead atoms. The van der Waals surface area contributed by atoms with E-state index in [0.29, 0.717) is 23.7 Å². The van der Waals surface area contributed by atoms with Gasteiger partial charge in [0.15, 0.2) is 11.5 Å². The Labute approximate surface area is 188 Å². The largest absolute Gasteiger partial charge is 0.493 e. The fourth-order valence-electron chi connectivity index (χ4n) is 3.97. The van der Waals surface area contributed by atoms with Crippen LogP contribution in [-0.2, 0) is 6.61 Å². The van der Waals surface area contributed by atoms with E-state index in [4.69, 9.17) is 14.0 Å². The molecule has 1 aliphatic rings. The summed E-state index contributed by atoms with van der Waals surface area (Å²) < 4.78 is 16.6. The van der Waals surface area contributed by atoms with Gasteiger partial charge < -0.3 is 24.2 Å². The molecule has 32 heavy (non-hydrogen) atoms. The summed E-state index contributed by atoms with van der Waals surface area (Å²) in [6.45, 7) is 6.06. The number of aromatic nitrogens is 1. The number of anilines is 2. The number of piperidine rings is 1. The van der Waals surface area contributed by atoms with Crippen LogP contribution in [0.4, 0.5) is 11.4 Å². The van der Waals surface area contributed by atoms with E-state index >= 15 is 0 Å². The van der Waals surface area contributed by atoms with Crippen molar-refractivity contribution in [2.75, 3.05) is 30.4 Å². The molecule has 0 atom stereocenters. The van der Waals surface area contributed by atoms with Crippen LogP contribution < -0.4 is 19.7 Å². The fourth-order valence-corrected chi connectivity index (χ4v) is 3.97. The number of carbonyl (C=O) groups excluding carboxylic acids is 1. The van der Waals surface area contributed by atoms with Crippen molar-refractivity contribution in [3.63, 3.8) is 0 Å². The van der Waals surface area contributed by atoms with E-state index in [9.17, 15) is 4.79 Å². The standard InChI is InChI=1S/C25H29N3O4/c1-17-20(18(2)32-27-17)16-31-23-12-11-19(15-24(23)30-3)25(29)26-21-9-5-6-10-22(21)28-13-7-4-8-14-28/h5-6,9-12,15H,4,7-8,13-14,16H2,1-3H3,(H,26,29). The van der Waals surface area contributed by atoms with Crippen molar-refractivity contribution in [3.05, 3.63) is 65.0 Å². The molecule has 1 amide bonds. The van der Waals surface area contributed by atoms with E-state index in [0.717, 1.165) is 41.5 Å². The van der Waals surface area contributed by atoms with Gasteiger partial charge in [-0.25, -0.2) is 0 Å². The van der Waals surface area contributed by atoms with E-state index < -0.39 is 0 Å². The number of para-hydroxylation sites is 2. The summed E-state index contributed by atoms with van der Waals surface area (Å²) in [5.74, 6) is 1.58. The van der Waals surface area contributed by atoms with E-state index in [1.54, 1.807) is 25.3 Å². The summed E-state index contributed by atoms with van der Waals surface area (Å²) in [5.41, 5.74) is 4.08. The van der Waals surface area contributed by atoms with Crippen LogP contribution in [0.2, 0.25) is 0 Å². The number of benzene rings is 2. The molecule has 3 aromatic rings. The molecule has 0 spiro atoms. The van der Waals surface area contributed by atoms with Crippen molar-refractivity contribution in [2.24, 2.45) is 0 Å². The Kier molecular flexibility index (Phi) is 6.63. The second kappa shape index (κ2) is 9.77. The molecular weight excluding hydrogens is 406 g/mol. The van der Waals surface area contributed by atoms with Gasteiger partial charge in [-0.2, -0.15) is 0 Å². The number of carbonyl (C=O) groups is 1. The van der Waals surface area contributed by atoms with Crippen LogP contribution in [0, 0.1) is 13.8 Å². The van der Waals surface area contributed by atoms with Gasteiger partial charge in [-0.05, 0) is 63.4 Å². The topological polar surface area (TPSA) is 76.8 Å². The Morgan fingerprint density at radius 1 is 1.09 bits per heavy atom. The Balaban J connectivity index is 1.49. The predicted molar refractivity (Wildman–Crippen MR) is 124 cm³/mol. The highest BCUT2D eigenvalue weighted by molar-refractivity contribution is 6.06. The summed E-state index contributed by atoms with van der Waals surface area (Å²) in [7, 11) is 1.56. The minimum atomic E-state index is -0.190. The Morgan fingerprint density at radius 2 is 1.88 bits per heavy atom. The normalized spacial score (nSPS) is 13.7. The van der Waals surface area contributed by atoms with Gasteiger partial charge >= 0.3 is 0 Å². The van der Waals surface area contributed by atoms with Crippen molar-refractivity contribution in [1.29, 1.82) is 0 Å². The first-order valence-corrected chi connectivity index (χ1v) is 10.9. The molecule has 2 heterocycles. The molecule has 168 valence electrons. The van der Waals surface area contributed by atoms with Crippen molar-refractivity contribution in [1.82, 2.24) is 5.16 Å². The molecule has 1 fully saturated rings. The van der Waals surface area contributed by atoms with Gasteiger partial charge in [-0.15, -0.1) is 0 Å². The Bertz CT molecular complexity index is 1070. The van der Waals surface area contributed by atoms with Crippen molar-refractivity contribution < 1.29 is 18.8 Å². The highest BCUT2D eigenvalue weighted by atomic mass is 16.5. The smallest absolute Gasteiger partial charge is 0.255 e. The molecule has 4 rings (SSSR count). The van der Waals surface area contributed by atoms with Crippen LogP contribution in [0.1, 0.15) is 46.6 Å². The number of amides is 1. The summed E-state index contributed by atoms with van der Waals surface area (Å²) in [4.78, 5) is 15.4. The number of nitrogens with zero attached hydrogens (tertiary/aromatic N) is 2. The molecule has 1 aliphatic heterocycles. The molecule has 1 aromatic heterocycles. The van der Waals surface area contributed by atoms with E-state index in [2.05, 4.69) is 21.4 Å². The third-order valence-electron chi connectivity index (χ3n) is 5.83. The molecule has 2 aromatic carbocycles. The first-order valence-electron chi connectivity index (χ1n) is 10.9. The molecule has 1 N–H and O–H groups in total. The molecule has 0 radical (unpaired) electrons. The maximum Gasteiger partial charge on any atom is 0.255 e. The maximum absolute atomic E-state index is 13.0. The molecule has 7 nitrogen and oxygen atoms in total. The molecule has 0 aliphatic carbocycles. The average molecular weight is 436 g/mol. The van der Waals surface area contributed by atoms with Gasteiger partial charge in [0.2, 0.25) is 0 Å². The summed E-state index contributed by atoms with van der Waals surface area (Å²) in [5, 5.41) is 7.01. The third-order valence-corrected chi connectivity index (χ3v) is 5.83. The van der Waals surface area contributed by atoms with Crippen LogP contribution in [0.15, 0.2) is 47.0 Å². The number of nitrogens with one attached hydrogen (secondary N) is 1. The first kappa shape index (κ1) is 21.7. The van der Waals surface area contributed by atoms with Crippen LogP contribution >= 0.6 is 0 Å². The summed E-state index contributed by atoms with van der Waals surface area (Å²) in [6, 6.07) is 13.1. The van der Waals surface area contributed by atoms with Crippen LogP contribution in [0.3, 0.4) is 0 Å². The van der Waals surface area contributed by atoms with Crippen LogP contribution in [-0.4, -0.2) is 31.3 Å². The lowest BCUT2D eigenvalue weighted by Crippen LogP contribution is -2.30. The lowest BCUT2D eigenvalue weighted by atomic mass is 10.1. The van der Waals surface area contributed by atoms with Gasteiger partial charge in [0.25, 0.3) is 5.91 Å². The number of ether oxygens (including phenoxy) is 2. The number of hydrogen-bond donors (Lipinski definition) is 1. The van der Waals surface area contributed by atoms with Gasteiger partial charge in [0.1, 0.15) is 12.4 Å². The first-order chi connectivity index (χ1) is 15.6. The fraction of sp³-hybridized carbons (Fsp3) is 0.360. The summed E-state index contributed by atoms with van der Waals surface area (Å²) in [6.07, 6.45) is 3.61. The number of aryl methyl sites for hydroxylation is 2. The minimum Gasteiger partial charge on any atom is -0.493 e. The zero-order valence-electron chi connectivity index (χ0n) is 18.8. The number of methoxy groups -OCH3 is 1. The van der Waals surface area contributed by atoms with Gasteiger partial charge in [0, 0.05) is 18.7 Å². The molecule has 1 saturated heterocycles. The predicted octanol–water partition coefficient (Wildman–Crippen LogP) is 5.12.